The number of likely N-dealkylation sites (tertiary alicyclic amines) is 1. The van der Waals surface area contributed by atoms with Crippen molar-refractivity contribution in [2.45, 2.75) is 25.7 Å². The lowest BCUT2D eigenvalue weighted by Crippen LogP contribution is -2.26. The molecule has 0 aromatic heterocycles. The molecule has 3 nitrogen and oxygen atoms in total. The average molecular weight is 182 g/mol. The molecule has 1 amide bonds. The Labute approximate surface area is 79.5 Å². The number of carbonyl (C=O) groups excluding carboxylic acids is 1. The van der Waals surface area contributed by atoms with Gasteiger partial charge in [0.1, 0.15) is 0 Å². The highest BCUT2D eigenvalue weighted by atomic mass is 16.1. The van der Waals surface area contributed by atoms with Crippen LogP contribution in [0.4, 0.5) is 0 Å². The average Bonchev–Trinajstić information content (AvgIpc) is 2.35. The smallest absolute Gasteiger partial charge is 0.220 e. The molecule has 0 radical (unpaired) electrons. The zero-order valence-corrected chi connectivity index (χ0v) is 8.31. The number of rotatable bonds is 0. The van der Waals surface area contributed by atoms with Crippen molar-refractivity contribution in [3.63, 3.8) is 0 Å². The molecule has 1 spiro atoms. The summed E-state index contributed by atoms with van der Waals surface area (Å²) in [5.41, 5.74) is 0.307. The van der Waals surface area contributed by atoms with Crippen LogP contribution in [0.2, 0.25) is 0 Å². The minimum atomic E-state index is 0.254. The Morgan fingerprint density at radius 3 is 2.92 bits per heavy atom. The zero-order valence-electron chi connectivity index (χ0n) is 8.31. The minimum absolute atomic E-state index is 0.254. The fourth-order valence-corrected chi connectivity index (χ4v) is 2.49. The first-order valence-electron chi connectivity index (χ1n) is 5.16. The molecule has 2 heterocycles. The molecule has 13 heavy (non-hydrogen) atoms. The Bertz CT molecular complexity index is 217. The molecule has 0 aromatic carbocycles. The van der Waals surface area contributed by atoms with E-state index in [1.807, 2.05) is 0 Å². The summed E-state index contributed by atoms with van der Waals surface area (Å²) in [5, 5.41) is 2.97. The Morgan fingerprint density at radius 2 is 2.23 bits per heavy atom. The van der Waals surface area contributed by atoms with Gasteiger partial charge in [-0.3, -0.25) is 4.79 Å². The molecule has 1 atom stereocenters. The van der Waals surface area contributed by atoms with Gasteiger partial charge >= 0.3 is 0 Å². The maximum absolute atomic E-state index is 11.2. The molecule has 0 aliphatic carbocycles. The highest BCUT2D eigenvalue weighted by Gasteiger charge is 2.38. The number of hydrogen-bond acceptors (Lipinski definition) is 2. The van der Waals surface area contributed by atoms with Crippen LogP contribution in [0.25, 0.3) is 0 Å². The van der Waals surface area contributed by atoms with Crippen LogP contribution in [0.3, 0.4) is 0 Å². The van der Waals surface area contributed by atoms with E-state index in [0.29, 0.717) is 5.41 Å². The molecule has 1 N–H and O–H groups in total. The van der Waals surface area contributed by atoms with Gasteiger partial charge in [-0.05, 0) is 44.8 Å². The van der Waals surface area contributed by atoms with Crippen LogP contribution in [0.1, 0.15) is 25.7 Å². The second-order valence-corrected chi connectivity index (χ2v) is 4.61. The zero-order chi connectivity index (χ0) is 9.31. The van der Waals surface area contributed by atoms with Crippen LogP contribution >= 0.6 is 0 Å². The first kappa shape index (κ1) is 9.00. The van der Waals surface area contributed by atoms with Gasteiger partial charge in [0.25, 0.3) is 0 Å². The molecule has 2 aliphatic rings. The highest BCUT2D eigenvalue weighted by molar-refractivity contribution is 5.79. The van der Waals surface area contributed by atoms with Gasteiger partial charge in [0, 0.05) is 13.0 Å². The van der Waals surface area contributed by atoms with E-state index in [9.17, 15) is 4.79 Å². The van der Waals surface area contributed by atoms with Crippen molar-refractivity contribution in [2.24, 2.45) is 5.41 Å². The van der Waals surface area contributed by atoms with E-state index in [2.05, 4.69) is 17.3 Å². The summed E-state index contributed by atoms with van der Waals surface area (Å²) in [4.78, 5) is 13.6. The van der Waals surface area contributed by atoms with E-state index in [4.69, 9.17) is 0 Å². The normalized spacial score (nSPS) is 36.2. The summed E-state index contributed by atoms with van der Waals surface area (Å²) >= 11 is 0. The van der Waals surface area contributed by atoms with Crippen LogP contribution in [-0.4, -0.2) is 37.5 Å². The van der Waals surface area contributed by atoms with Crippen LogP contribution in [-0.2, 0) is 4.79 Å². The molecular formula is C10H18N2O. The fourth-order valence-electron chi connectivity index (χ4n) is 2.49. The topological polar surface area (TPSA) is 32.3 Å². The molecule has 2 saturated heterocycles. The maximum Gasteiger partial charge on any atom is 0.220 e. The molecule has 0 bridgehead atoms. The Hall–Kier alpha value is -0.570. The number of amides is 1. The van der Waals surface area contributed by atoms with E-state index < -0.39 is 0 Å². The van der Waals surface area contributed by atoms with Crippen molar-refractivity contribution in [1.29, 1.82) is 0 Å². The van der Waals surface area contributed by atoms with Crippen molar-refractivity contribution in [3.8, 4) is 0 Å². The first-order chi connectivity index (χ1) is 6.20. The van der Waals surface area contributed by atoms with E-state index in [-0.39, 0.29) is 5.91 Å². The number of hydrogen-bond donors (Lipinski definition) is 1. The van der Waals surface area contributed by atoms with Gasteiger partial charge in [0.05, 0.1) is 0 Å². The van der Waals surface area contributed by atoms with E-state index in [1.54, 1.807) is 0 Å². The Balaban J connectivity index is 2.02. The molecule has 0 saturated carbocycles. The van der Waals surface area contributed by atoms with Gasteiger partial charge < -0.3 is 10.2 Å². The second kappa shape index (κ2) is 3.29. The third kappa shape index (κ3) is 1.85. The number of nitrogens with zero attached hydrogens (tertiary/aromatic N) is 1. The van der Waals surface area contributed by atoms with Gasteiger partial charge in [-0.2, -0.15) is 0 Å². The van der Waals surface area contributed by atoms with Gasteiger partial charge in [-0.15, -0.1) is 0 Å². The Morgan fingerprint density at radius 1 is 1.38 bits per heavy atom. The van der Waals surface area contributed by atoms with Crippen LogP contribution < -0.4 is 5.32 Å². The monoisotopic (exact) mass is 182 g/mol. The van der Waals surface area contributed by atoms with Gasteiger partial charge in [-0.25, -0.2) is 0 Å². The van der Waals surface area contributed by atoms with Crippen LogP contribution in [0.15, 0.2) is 0 Å². The van der Waals surface area contributed by atoms with Gasteiger partial charge in [0.2, 0.25) is 5.91 Å². The minimum Gasteiger partial charge on any atom is -0.356 e. The predicted molar refractivity (Wildman–Crippen MR) is 51.4 cm³/mol. The third-order valence-electron chi connectivity index (χ3n) is 3.47. The number of nitrogens with one attached hydrogen (secondary N) is 1. The summed E-state index contributed by atoms with van der Waals surface area (Å²) in [5.74, 6) is 0.254. The van der Waals surface area contributed by atoms with Crippen LogP contribution in [0, 0.1) is 5.41 Å². The molecule has 0 aromatic rings. The summed E-state index contributed by atoms with van der Waals surface area (Å²) in [7, 11) is 2.17. The molecular weight excluding hydrogens is 164 g/mol. The van der Waals surface area contributed by atoms with Crippen molar-refractivity contribution < 1.29 is 4.79 Å². The van der Waals surface area contributed by atoms with Gasteiger partial charge in [0.15, 0.2) is 0 Å². The van der Waals surface area contributed by atoms with Crippen molar-refractivity contribution in [3.05, 3.63) is 0 Å². The third-order valence-corrected chi connectivity index (χ3v) is 3.47. The standard InChI is InChI=1S/C10H18N2O/c1-12-5-2-3-10(4-6-12)7-9(13)11-8-10/h2-8H2,1H3,(H,11,13). The predicted octanol–water partition coefficient (Wildman–Crippen LogP) is 0.608. The largest absolute Gasteiger partial charge is 0.356 e. The highest BCUT2D eigenvalue weighted by Crippen LogP contribution is 2.36. The molecule has 2 rings (SSSR count). The molecule has 2 aliphatic heterocycles. The molecule has 2 fully saturated rings. The maximum atomic E-state index is 11.2. The summed E-state index contributed by atoms with van der Waals surface area (Å²) in [6.07, 6.45) is 4.41. The van der Waals surface area contributed by atoms with E-state index in [1.165, 1.54) is 25.8 Å². The molecule has 74 valence electrons. The first-order valence-corrected chi connectivity index (χ1v) is 5.16. The van der Waals surface area contributed by atoms with Crippen LogP contribution in [0.5, 0.6) is 0 Å². The second-order valence-electron chi connectivity index (χ2n) is 4.61. The lowest BCUT2D eigenvalue weighted by molar-refractivity contribution is -0.119. The van der Waals surface area contributed by atoms with Crippen molar-refractivity contribution >= 4 is 5.91 Å². The van der Waals surface area contributed by atoms with Gasteiger partial charge in [-0.1, -0.05) is 0 Å². The number of carbonyl (C=O) groups is 1. The lowest BCUT2D eigenvalue weighted by Gasteiger charge is -2.24. The summed E-state index contributed by atoms with van der Waals surface area (Å²) in [6.45, 7) is 3.25. The lowest BCUT2D eigenvalue weighted by atomic mass is 9.80. The van der Waals surface area contributed by atoms with Crippen molar-refractivity contribution in [1.82, 2.24) is 10.2 Å². The fraction of sp³-hybridized carbons (Fsp3) is 0.900. The van der Waals surface area contributed by atoms with Crippen molar-refractivity contribution in [2.75, 3.05) is 26.7 Å². The SMILES string of the molecule is CN1CCCC2(CC1)CNC(=O)C2. The molecule has 3 heteroatoms. The molecule has 1 unspecified atom stereocenters. The quantitative estimate of drug-likeness (QED) is 0.595. The summed E-state index contributed by atoms with van der Waals surface area (Å²) < 4.78 is 0. The summed E-state index contributed by atoms with van der Waals surface area (Å²) in [6, 6.07) is 0. The van der Waals surface area contributed by atoms with E-state index in [0.717, 1.165) is 19.5 Å². The Kier molecular flexibility index (Phi) is 2.28. The van der Waals surface area contributed by atoms with E-state index >= 15 is 0 Å².